The number of aromatic nitrogens is 1. The number of rotatable bonds is 7. The molecule has 0 saturated heterocycles. The van der Waals surface area contributed by atoms with Gasteiger partial charge >= 0.3 is 5.97 Å². The fourth-order valence-electron chi connectivity index (χ4n) is 4.72. The van der Waals surface area contributed by atoms with E-state index in [2.05, 4.69) is 32.9 Å². The smallest absolute Gasteiger partial charge is 0.341 e. The number of hydrogen-bond donors (Lipinski definition) is 1. The second-order valence-electron chi connectivity index (χ2n) is 10.2. The van der Waals surface area contributed by atoms with Crippen LogP contribution in [-0.4, -0.2) is 36.0 Å². The molecule has 2 heterocycles. The molecule has 2 aliphatic rings. The van der Waals surface area contributed by atoms with Crippen LogP contribution in [0, 0.1) is 5.41 Å². The molecule has 1 N–H and O–H groups in total. The molecule has 0 unspecified atom stereocenters. The average molecular weight is 488 g/mol. The number of methoxy groups -OCH3 is 1. The average Bonchev–Trinajstić information content (AvgIpc) is 2.80. The normalized spacial score (nSPS) is 20.7. The number of ether oxygens (including phenoxy) is 2. The third-order valence-corrected chi connectivity index (χ3v) is 6.60. The van der Waals surface area contributed by atoms with Gasteiger partial charge in [-0.15, -0.1) is 0 Å². The zero-order chi connectivity index (χ0) is 25.9. The summed E-state index contributed by atoms with van der Waals surface area (Å²) in [5.41, 5.74) is 3.74. The number of allylic oxidation sites excluding steroid dienone is 8. The van der Waals surface area contributed by atoms with E-state index in [0.29, 0.717) is 19.6 Å². The van der Waals surface area contributed by atoms with Gasteiger partial charge in [-0.05, 0) is 35.1 Å². The van der Waals surface area contributed by atoms with Crippen LogP contribution in [-0.2, 0) is 11.2 Å². The molecule has 1 atom stereocenters. The van der Waals surface area contributed by atoms with Gasteiger partial charge in [0, 0.05) is 49.6 Å². The van der Waals surface area contributed by atoms with Crippen molar-refractivity contribution in [3.05, 3.63) is 93.8 Å². The molecule has 0 fully saturated rings. The highest BCUT2D eigenvalue weighted by atomic mass is 16.5. The number of aromatic carboxylic acids is 1. The van der Waals surface area contributed by atoms with E-state index < -0.39 is 11.4 Å². The lowest BCUT2D eigenvalue weighted by Crippen LogP contribution is -2.32. The van der Waals surface area contributed by atoms with Crippen LogP contribution >= 0.6 is 0 Å². The predicted molar refractivity (Wildman–Crippen MR) is 143 cm³/mol. The zero-order valence-electron chi connectivity index (χ0n) is 21.3. The van der Waals surface area contributed by atoms with Crippen LogP contribution in [0.25, 0.3) is 16.8 Å². The number of pyridine rings is 1. The van der Waals surface area contributed by atoms with Gasteiger partial charge in [0.15, 0.2) is 5.43 Å². The third kappa shape index (κ3) is 5.29. The van der Waals surface area contributed by atoms with Crippen LogP contribution in [0.4, 0.5) is 0 Å². The van der Waals surface area contributed by atoms with Crippen molar-refractivity contribution in [1.29, 1.82) is 0 Å². The lowest BCUT2D eigenvalue weighted by atomic mass is 9.78. The van der Waals surface area contributed by atoms with Crippen molar-refractivity contribution in [2.45, 2.75) is 39.7 Å². The third-order valence-electron chi connectivity index (χ3n) is 6.60. The summed E-state index contributed by atoms with van der Waals surface area (Å²) in [4.78, 5) is 24.5. The van der Waals surface area contributed by atoms with Gasteiger partial charge in [0.25, 0.3) is 0 Å². The van der Waals surface area contributed by atoms with Crippen molar-refractivity contribution in [1.82, 2.24) is 4.57 Å². The first-order valence-electron chi connectivity index (χ1n) is 12.2. The van der Waals surface area contributed by atoms with Gasteiger partial charge in [0.05, 0.1) is 12.3 Å². The van der Waals surface area contributed by atoms with E-state index in [-0.39, 0.29) is 17.0 Å². The first kappa shape index (κ1) is 25.5. The maximum atomic E-state index is 12.8. The van der Waals surface area contributed by atoms with Crippen molar-refractivity contribution in [2.75, 3.05) is 20.3 Å². The van der Waals surface area contributed by atoms with Crippen molar-refractivity contribution in [2.24, 2.45) is 5.41 Å². The number of carboxylic acids is 1. The Labute approximate surface area is 211 Å². The Bertz CT molecular complexity index is 1330. The molecular weight excluding hydrogens is 454 g/mol. The molecule has 1 aromatic carbocycles. The summed E-state index contributed by atoms with van der Waals surface area (Å²) in [6.45, 7) is 7.53. The summed E-state index contributed by atoms with van der Waals surface area (Å²) in [6, 6.07) is 5.59. The minimum Gasteiger partial charge on any atom is -0.493 e. The summed E-state index contributed by atoms with van der Waals surface area (Å²) in [5, 5.41) is 9.61. The van der Waals surface area contributed by atoms with Crippen LogP contribution in [0.2, 0.25) is 0 Å². The number of nitrogens with zero attached hydrogens (tertiary/aromatic N) is 1. The molecule has 0 spiro atoms. The molecule has 188 valence electrons. The molecule has 0 amide bonds. The lowest BCUT2D eigenvalue weighted by Gasteiger charge is -2.39. The molecule has 2 aromatic rings. The summed E-state index contributed by atoms with van der Waals surface area (Å²) < 4.78 is 13.4. The van der Waals surface area contributed by atoms with Crippen LogP contribution in [0.1, 0.15) is 54.7 Å². The van der Waals surface area contributed by atoms with Crippen molar-refractivity contribution in [3.63, 3.8) is 0 Å². The summed E-state index contributed by atoms with van der Waals surface area (Å²) in [7, 11) is 1.68. The SMILES string of the molecule is COCCCOc1cc2c(cc1C1=C/C=C\C=C/C=C\1)-c1cc(=O)c(C(=O)O)cn1[C@H](C(C)(C)C)C2. The highest BCUT2D eigenvalue weighted by Gasteiger charge is 2.34. The van der Waals surface area contributed by atoms with Gasteiger partial charge in [0.1, 0.15) is 11.3 Å². The second kappa shape index (κ2) is 10.5. The molecular formula is C30H33NO5. The number of fused-ring (bicyclic) bond motifs is 3. The molecule has 6 nitrogen and oxygen atoms in total. The van der Waals surface area contributed by atoms with Gasteiger partial charge in [-0.3, -0.25) is 4.79 Å². The predicted octanol–water partition coefficient (Wildman–Crippen LogP) is 5.84. The Morgan fingerprint density at radius 1 is 1.06 bits per heavy atom. The van der Waals surface area contributed by atoms with Crippen molar-refractivity contribution < 1.29 is 19.4 Å². The maximum Gasteiger partial charge on any atom is 0.341 e. The Morgan fingerprint density at radius 2 is 1.81 bits per heavy atom. The summed E-state index contributed by atoms with van der Waals surface area (Å²) in [6.07, 6.45) is 16.9. The van der Waals surface area contributed by atoms with E-state index in [9.17, 15) is 14.7 Å². The van der Waals surface area contributed by atoms with E-state index in [1.54, 1.807) is 7.11 Å². The van der Waals surface area contributed by atoms with E-state index in [1.165, 1.54) is 12.3 Å². The number of hydrogen-bond acceptors (Lipinski definition) is 4. The van der Waals surface area contributed by atoms with E-state index >= 15 is 0 Å². The molecule has 1 aliphatic heterocycles. The molecule has 36 heavy (non-hydrogen) atoms. The molecule has 1 aromatic heterocycles. The quantitative estimate of drug-likeness (QED) is 0.497. The van der Waals surface area contributed by atoms with Crippen molar-refractivity contribution in [3.8, 4) is 17.0 Å². The van der Waals surface area contributed by atoms with Gasteiger partial charge < -0.3 is 19.1 Å². The van der Waals surface area contributed by atoms with Crippen LogP contribution < -0.4 is 10.2 Å². The van der Waals surface area contributed by atoms with E-state index in [0.717, 1.165) is 40.1 Å². The number of benzene rings is 1. The Hall–Kier alpha value is -3.64. The molecule has 4 rings (SSSR count). The molecule has 0 bridgehead atoms. The fraction of sp³-hybridized carbons (Fsp3) is 0.333. The summed E-state index contributed by atoms with van der Waals surface area (Å²) in [5.74, 6) is -0.428. The first-order chi connectivity index (χ1) is 17.2. The Morgan fingerprint density at radius 3 is 2.53 bits per heavy atom. The monoisotopic (exact) mass is 487 g/mol. The van der Waals surface area contributed by atoms with Gasteiger partial charge in [-0.1, -0.05) is 63.3 Å². The van der Waals surface area contributed by atoms with Crippen LogP contribution in [0.15, 0.2) is 71.7 Å². The van der Waals surface area contributed by atoms with Gasteiger partial charge in [-0.25, -0.2) is 4.79 Å². The minimum absolute atomic E-state index is 0.0283. The topological polar surface area (TPSA) is 77.8 Å². The highest BCUT2D eigenvalue weighted by molar-refractivity contribution is 5.88. The second-order valence-corrected chi connectivity index (χ2v) is 10.2. The first-order valence-corrected chi connectivity index (χ1v) is 12.2. The number of carboxylic acid groups (broad SMARTS) is 1. The van der Waals surface area contributed by atoms with Gasteiger partial charge in [-0.2, -0.15) is 0 Å². The fourth-order valence-corrected chi connectivity index (χ4v) is 4.72. The lowest BCUT2D eigenvalue weighted by molar-refractivity contribution is 0.0693. The minimum atomic E-state index is -1.21. The van der Waals surface area contributed by atoms with Crippen LogP contribution in [0.3, 0.4) is 0 Å². The van der Waals surface area contributed by atoms with Gasteiger partial charge in [0.2, 0.25) is 0 Å². The molecule has 6 heteroatoms. The zero-order valence-corrected chi connectivity index (χ0v) is 21.3. The molecule has 0 radical (unpaired) electrons. The number of carbonyl (C=O) groups is 1. The molecule has 0 saturated carbocycles. The molecule has 1 aliphatic carbocycles. The highest BCUT2D eigenvalue weighted by Crippen LogP contribution is 2.45. The standard InChI is InChI=1S/C30H33NO5/c1-30(2,3)28-16-21-15-27(36-14-10-13-35-4)23(20-11-8-6-5-7-9-12-20)17-22(21)25-18-26(32)24(29(33)34)19-31(25)28/h5-9,11-12,15,17-19,28H,10,13-14,16H2,1-4H3,(H,33,34)/b6-5-,7-5?,8-6?,9-7-,11-8-,12-9?,20-11?,20-12+/t28-/m0/s1. The van der Waals surface area contributed by atoms with Crippen molar-refractivity contribution >= 4 is 11.5 Å². The Balaban J connectivity index is 1.92. The maximum absolute atomic E-state index is 12.8. The van der Waals surface area contributed by atoms with E-state index in [1.807, 2.05) is 47.1 Å². The largest absolute Gasteiger partial charge is 0.493 e. The summed E-state index contributed by atoms with van der Waals surface area (Å²) >= 11 is 0. The van der Waals surface area contributed by atoms with Crippen LogP contribution in [0.5, 0.6) is 5.75 Å². The Kier molecular flexibility index (Phi) is 7.45. The van der Waals surface area contributed by atoms with E-state index in [4.69, 9.17) is 9.47 Å².